The summed E-state index contributed by atoms with van der Waals surface area (Å²) in [5, 5.41) is 12.1. The summed E-state index contributed by atoms with van der Waals surface area (Å²) < 4.78 is 1.83. The highest BCUT2D eigenvalue weighted by molar-refractivity contribution is 6.06. The van der Waals surface area contributed by atoms with Crippen molar-refractivity contribution in [1.82, 2.24) is 20.1 Å². The van der Waals surface area contributed by atoms with Crippen LogP contribution in [0.15, 0.2) is 30.6 Å². The van der Waals surface area contributed by atoms with Gasteiger partial charge in [-0.05, 0) is 64.0 Å². The Kier molecular flexibility index (Phi) is 7.38. The zero-order chi connectivity index (χ0) is 25.1. The minimum atomic E-state index is -0.226. The van der Waals surface area contributed by atoms with E-state index in [1.165, 1.54) is 11.1 Å². The Labute approximate surface area is 206 Å². The molecule has 2 amide bonds. The topological polar surface area (TPSA) is 115 Å². The lowest BCUT2D eigenvalue weighted by molar-refractivity contribution is -0.122. The van der Waals surface area contributed by atoms with E-state index < -0.39 is 0 Å². The number of amides is 2. The maximum Gasteiger partial charge on any atom is 0.255 e. The minimum Gasteiger partial charge on any atom is -0.381 e. The van der Waals surface area contributed by atoms with Crippen LogP contribution in [0.25, 0.3) is 11.0 Å². The predicted octanol–water partition coefficient (Wildman–Crippen LogP) is 4.41. The highest BCUT2D eigenvalue weighted by atomic mass is 16.2. The third-order valence-electron chi connectivity index (χ3n) is 7.20. The fourth-order valence-electron chi connectivity index (χ4n) is 5.16. The molecule has 0 aliphatic heterocycles. The second-order valence-corrected chi connectivity index (χ2v) is 9.63. The quantitative estimate of drug-likeness (QED) is 0.446. The van der Waals surface area contributed by atoms with Crippen molar-refractivity contribution in [2.45, 2.75) is 78.4 Å². The smallest absolute Gasteiger partial charge is 0.255 e. The molecule has 2 aromatic heterocycles. The number of nitrogens with two attached hydrogens (primary N) is 1. The largest absolute Gasteiger partial charge is 0.381 e. The highest BCUT2D eigenvalue weighted by Gasteiger charge is 2.27. The Morgan fingerprint density at radius 1 is 1.14 bits per heavy atom. The number of nitrogens with zero attached hydrogens (tertiary/aromatic N) is 3. The molecule has 8 nitrogen and oxygen atoms in total. The van der Waals surface area contributed by atoms with E-state index in [2.05, 4.69) is 59.7 Å². The zero-order valence-electron chi connectivity index (χ0n) is 21.1. The van der Waals surface area contributed by atoms with E-state index >= 15 is 0 Å². The molecule has 4 N–H and O–H groups in total. The SMILES string of the molecule is CC[C@@H](NC(=O)c1cnc2c(cnn2CC)c1NC1CCC(C(N)=O)CC1)c1ccc(C)cc1C. The summed E-state index contributed by atoms with van der Waals surface area (Å²) >= 11 is 0. The van der Waals surface area contributed by atoms with Crippen molar-refractivity contribution in [3.05, 3.63) is 52.8 Å². The summed E-state index contributed by atoms with van der Waals surface area (Å²) in [6.07, 6.45) is 7.35. The van der Waals surface area contributed by atoms with Gasteiger partial charge in [0.25, 0.3) is 5.91 Å². The van der Waals surface area contributed by atoms with Gasteiger partial charge in [0.1, 0.15) is 0 Å². The molecule has 2 heterocycles. The van der Waals surface area contributed by atoms with Gasteiger partial charge in [-0.1, -0.05) is 30.7 Å². The Morgan fingerprint density at radius 2 is 1.89 bits per heavy atom. The molecule has 0 unspecified atom stereocenters. The number of primary amides is 1. The molecule has 35 heavy (non-hydrogen) atoms. The Bertz CT molecular complexity index is 1230. The number of carbonyl (C=O) groups excluding carboxylic acids is 2. The van der Waals surface area contributed by atoms with E-state index in [-0.39, 0.29) is 29.8 Å². The molecule has 1 aromatic carbocycles. The fraction of sp³-hybridized carbons (Fsp3) is 0.481. The molecule has 1 atom stereocenters. The minimum absolute atomic E-state index is 0.0702. The van der Waals surface area contributed by atoms with E-state index in [1.54, 1.807) is 12.4 Å². The van der Waals surface area contributed by atoms with Crippen LogP contribution in [0.1, 0.15) is 79.0 Å². The van der Waals surface area contributed by atoms with Crippen LogP contribution in [0.5, 0.6) is 0 Å². The van der Waals surface area contributed by atoms with Gasteiger partial charge in [0.05, 0.1) is 28.9 Å². The van der Waals surface area contributed by atoms with Crippen molar-refractivity contribution in [1.29, 1.82) is 0 Å². The summed E-state index contributed by atoms with van der Waals surface area (Å²) in [4.78, 5) is 29.8. The molecule has 4 rings (SSSR count). The third kappa shape index (κ3) is 5.16. The Hall–Kier alpha value is -3.42. The van der Waals surface area contributed by atoms with Gasteiger partial charge in [-0.15, -0.1) is 0 Å². The van der Waals surface area contributed by atoms with Gasteiger partial charge < -0.3 is 16.4 Å². The fourth-order valence-corrected chi connectivity index (χ4v) is 5.16. The molecular formula is C27H36N6O2. The van der Waals surface area contributed by atoms with Crippen LogP contribution >= 0.6 is 0 Å². The first-order valence-electron chi connectivity index (χ1n) is 12.6. The maximum absolute atomic E-state index is 13.6. The summed E-state index contributed by atoms with van der Waals surface area (Å²) in [5.41, 5.74) is 11.0. The second-order valence-electron chi connectivity index (χ2n) is 9.63. The summed E-state index contributed by atoms with van der Waals surface area (Å²) in [6.45, 7) is 8.94. The third-order valence-corrected chi connectivity index (χ3v) is 7.20. The number of aromatic nitrogens is 3. The Morgan fingerprint density at radius 3 is 2.51 bits per heavy atom. The van der Waals surface area contributed by atoms with E-state index in [4.69, 9.17) is 5.73 Å². The molecule has 1 aliphatic carbocycles. The van der Waals surface area contributed by atoms with Gasteiger partial charge in [-0.25, -0.2) is 9.67 Å². The van der Waals surface area contributed by atoms with Crippen molar-refractivity contribution in [3.63, 3.8) is 0 Å². The number of hydrogen-bond donors (Lipinski definition) is 3. The Balaban J connectivity index is 1.64. The molecule has 1 saturated carbocycles. The van der Waals surface area contributed by atoms with E-state index in [0.717, 1.165) is 54.4 Å². The zero-order valence-corrected chi connectivity index (χ0v) is 21.1. The van der Waals surface area contributed by atoms with Crippen LogP contribution in [0, 0.1) is 19.8 Å². The van der Waals surface area contributed by atoms with Gasteiger partial charge in [0.15, 0.2) is 5.65 Å². The number of pyridine rings is 1. The van der Waals surface area contributed by atoms with Crippen LogP contribution < -0.4 is 16.4 Å². The summed E-state index contributed by atoms with van der Waals surface area (Å²) in [7, 11) is 0. The van der Waals surface area contributed by atoms with E-state index in [9.17, 15) is 9.59 Å². The monoisotopic (exact) mass is 476 g/mol. The standard InChI is InChI=1S/C27H36N6O2/c1-5-23(20-12-7-16(3)13-17(20)4)32-27(35)22-14-29-26-21(15-30-33(26)6-2)24(22)31-19-10-8-18(9-11-19)25(28)34/h7,12-15,18-19,23H,5-6,8-11H2,1-4H3,(H2,28,34)(H,29,31)(H,32,35)/t18?,19?,23-/m1/s1. The molecule has 8 heteroatoms. The van der Waals surface area contributed by atoms with Crippen molar-refractivity contribution in [2.24, 2.45) is 11.7 Å². The van der Waals surface area contributed by atoms with Gasteiger partial charge in [-0.3, -0.25) is 9.59 Å². The van der Waals surface area contributed by atoms with Crippen molar-refractivity contribution in [2.75, 3.05) is 5.32 Å². The summed E-state index contributed by atoms with van der Waals surface area (Å²) in [5.74, 6) is -0.459. The highest BCUT2D eigenvalue weighted by Crippen LogP contribution is 2.32. The lowest BCUT2D eigenvalue weighted by Crippen LogP contribution is -2.34. The lowest BCUT2D eigenvalue weighted by atomic mass is 9.85. The average Bonchev–Trinajstić information content (AvgIpc) is 3.27. The molecule has 3 aromatic rings. The van der Waals surface area contributed by atoms with Gasteiger partial charge in [0.2, 0.25) is 5.91 Å². The number of hydrogen-bond acceptors (Lipinski definition) is 5. The first kappa shape index (κ1) is 24.7. The molecule has 0 spiro atoms. The van der Waals surface area contributed by atoms with Crippen LogP contribution in [-0.2, 0) is 11.3 Å². The molecule has 1 fully saturated rings. The first-order valence-corrected chi connectivity index (χ1v) is 12.6. The van der Waals surface area contributed by atoms with E-state index in [1.807, 2.05) is 11.6 Å². The van der Waals surface area contributed by atoms with Crippen LogP contribution in [0.4, 0.5) is 5.69 Å². The molecular weight excluding hydrogens is 440 g/mol. The first-order chi connectivity index (χ1) is 16.8. The number of nitrogens with one attached hydrogen (secondary N) is 2. The number of rotatable bonds is 8. The molecule has 0 saturated heterocycles. The molecule has 1 aliphatic rings. The van der Waals surface area contributed by atoms with Crippen LogP contribution in [0.2, 0.25) is 0 Å². The van der Waals surface area contributed by atoms with Crippen molar-refractivity contribution in [3.8, 4) is 0 Å². The number of carbonyl (C=O) groups is 2. The average molecular weight is 477 g/mol. The van der Waals surface area contributed by atoms with E-state index in [0.29, 0.717) is 12.1 Å². The number of fused-ring (bicyclic) bond motifs is 1. The lowest BCUT2D eigenvalue weighted by Gasteiger charge is -2.29. The molecule has 186 valence electrons. The van der Waals surface area contributed by atoms with Gasteiger partial charge in [-0.2, -0.15) is 5.10 Å². The second kappa shape index (κ2) is 10.5. The molecule has 0 bridgehead atoms. The number of benzene rings is 1. The van der Waals surface area contributed by atoms with Crippen molar-refractivity contribution >= 4 is 28.5 Å². The van der Waals surface area contributed by atoms with Crippen LogP contribution in [-0.4, -0.2) is 32.6 Å². The number of anilines is 1. The maximum atomic E-state index is 13.6. The summed E-state index contributed by atoms with van der Waals surface area (Å²) in [6, 6.07) is 6.37. The number of aryl methyl sites for hydroxylation is 3. The van der Waals surface area contributed by atoms with Gasteiger partial charge in [0, 0.05) is 24.7 Å². The van der Waals surface area contributed by atoms with Crippen molar-refractivity contribution < 1.29 is 9.59 Å². The van der Waals surface area contributed by atoms with Gasteiger partial charge >= 0.3 is 0 Å². The predicted molar refractivity (Wildman–Crippen MR) is 138 cm³/mol. The normalized spacial score (nSPS) is 18.9. The molecule has 0 radical (unpaired) electrons. The van der Waals surface area contributed by atoms with Crippen LogP contribution in [0.3, 0.4) is 0 Å².